The first-order valence-corrected chi connectivity index (χ1v) is 5.98. The van der Waals surface area contributed by atoms with Crippen LogP contribution in [0.4, 0.5) is 0 Å². The molecule has 19 heavy (non-hydrogen) atoms. The molecule has 100 valence electrons. The SMILES string of the molecule is CC(CNC(=O)Cn1ncc2ccccc21)C(=O)O. The van der Waals surface area contributed by atoms with Crippen LogP contribution in [0.3, 0.4) is 0 Å². The molecule has 0 saturated heterocycles. The van der Waals surface area contributed by atoms with Gasteiger partial charge in [0.05, 0.1) is 17.6 Å². The van der Waals surface area contributed by atoms with Crippen molar-refractivity contribution in [3.8, 4) is 0 Å². The maximum absolute atomic E-state index is 11.7. The molecule has 1 unspecified atom stereocenters. The van der Waals surface area contributed by atoms with E-state index < -0.39 is 11.9 Å². The number of fused-ring (bicyclic) bond motifs is 1. The van der Waals surface area contributed by atoms with Gasteiger partial charge in [-0.2, -0.15) is 5.10 Å². The van der Waals surface area contributed by atoms with Crippen LogP contribution in [-0.4, -0.2) is 33.3 Å². The Labute approximate surface area is 110 Å². The smallest absolute Gasteiger partial charge is 0.308 e. The summed E-state index contributed by atoms with van der Waals surface area (Å²) in [6.07, 6.45) is 1.70. The molecule has 1 amide bonds. The molecule has 1 atom stereocenters. The number of para-hydroxylation sites is 1. The molecule has 1 aromatic carbocycles. The van der Waals surface area contributed by atoms with Crippen molar-refractivity contribution in [2.24, 2.45) is 5.92 Å². The van der Waals surface area contributed by atoms with Crippen molar-refractivity contribution in [2.75, 3.05) is 6.54 Å². The van der Waals surface area contributed by atoms with Crippen molar-refractivity contribution >= 4 is 22.8 Å². The quantitative estimate of drug-likeness (QED) is 0.836. The monoisotopic (exact) mass is 261 g/mol. The first kappa shape index (κ1) is 13.1. The molecule has 2 N–H and O–H groups in total. The lowest BCUT2D eigenvalue weighted by Gasteiger charge is -2.08. The predicted octanol–water partition coefficient (Wildman–Crippen LogP) is 0.873. The number of hydrogen-bond acceptors (Lipinski definition) is 3. The van der Waals surface area contributed by atoms with E-state index in [1.54, 1.807) is 17.8 Å². The minimum atomic E-state index is -0.926. The summed E-state index contributed by atoms with van der Waals surface area (Å²) in [4.78, 5) is 22.4. The van der Waals surface area contributed by atoms with Gasteiger partial charge in [-0.05, 0) is 6.07 Å². The van der Waals surface area contributed by atoms with Crippen LogP contribution in [0, 0.1) is 5.92 Å². The summed E-state index contributed by atoms with van der Waals surface area (Å²) in [7, 11) is 0. The Morgan fingerprint density at radius 2 is 2.16 bits per heavy atom. The molecule has 2 aromatic rings. The summed E-state index contributed by atoms with van der Waals surface area (Å²) >= 11 is 0. The minimum Gasteiger partial charge on any atom is -0.481 e. The lowest BCUT2D eigenvalue weighted by Crippen LogP contribution is -2.33. The van der Waals surface area contributed by atoms with Gasteiger partial charge in [0.25, 0.3) is 0 Å². The van der Waals surface area contributed by atoms with Crippen molar-refractivity contribution in [1.82, 2.24) is 15.1 Å². The lowest BCUT2D eigenvalue weighted by molar-refractivity contribution is -0.141. The summed E-state index contributed by atoms with van der Waals surface area (Å²) in [6, 6.07) is 7.59. The van der Waals surface area contributed by atoms with Crippen LogP contribution < -0.4 is 5.32 Å². The number of benzene rings is 1. The number of nitrogens with one attached hydrogen (secondary N) is 1. The number of aliphatic carboxylic acids is 1. The summed E-state index contributed by atoms with van der Waals surface area (Å²) in [5.74, 6) is -1.77. The molecule has 1 aromatic heterocycles. The van der Waals surface area contributed by atoms with Crippen LogP contribution >= 0.6 is 0 Å². The van der Waals surface area contributed by atoms with E-state index >= 15 is 0 Å². The number of carboxylic acid groups (broad SMARTS) is 1. The Bertz CT molecular complexity index is 606. The van der Waals surface area contributed by atoms with Crippen molar-refractivity contribution in [3.63, 3.8) is 0 Å². The molecule has 0 spiro atoms. The van der Waals surface area contributed by atoms with E-state index in [0.29, 0.717) is 0 Å². The van der Waals surface area contributed by atoms with Gasteiger partial charge in [0.1, 0.15) is 6.54 Å². The van der Waals surface area contributed by atoms with Crippen molar-refractivity contribution in [3.05, 3.63) is 30.5 Å². The summed E-state index contributed by atoms with van der Waals surface area (Å²) < 4.78 is 1.59. The van der Waals surface area contributed by atoms with E-state index in [-0.39, 0.29) is 19.0 Å². The highest BCUT2D eigenvalue weighted by Crippen LogP contribution is 2.12. The maximum atomic E-state index is 11.7. The molecule has 0 aliphatic heterocycles. The van der Waals surface area contributed by atoms with Crippen LogP contribution in [-0.2, 0) is 16.1 Å². The normalized spacial score (nSPS) is 12.3. The molecular weight excluding hydrogens is 246 g/mol. The van der Waals surface area contributed by atoms with Gasteiger partial charge in [-0.25, -0.2) is 0 Å². The van der Waals surface area contributed by atoms with Crippen LogP contribution in [0.1, 0.15) is 6.92 Å². The molecule has 0 saturated carbocycles. The molecule has 0 bridgehead atoms. The first-order chi connectivity index (χ1) is 9.08. The summed E-state index contributed by atoms with van der Waals surface area (Å²) in [5.41, 5.74) is 0.879. The number of carbonyl (C=O) groups excluding carboxylic acids is 1. The van der Waals surface area contributed by atoms with Crippen molar-refractivity contribution < 1.29 is 14.7 Å². The average Bonchev–Trinajstić information content (AvgIpc) is 2.79. The molecule has 2 rings (SSSR count). The average molecular weight is 261 g/mol. The van der Waals surface area contributed by atoms with Gasteiger partial charge in [0.2, 0.25) is 5.91 Å². The summed E-state index contributed by atoms with van der Waals surface area (Å²) in [5, 5.41) is 16.4. The van der Waals surface area contributed by atoms with Gasteiger partial charge in [-0.15, -0.1) is 0 Å². The fourth-order valence-electron chi connectivity index (χ4n) is 1.70. The largest absolute Gasteiger partial charge is 0.481 e. The number of carboxylic acids is 1. The van der Waals surface area contributed by atoms with Gasteiger partial charge in [-0.1, -0.05) is 25.1 Å². The Hall–Kier alpha value is -2.37. The van der Waals surface area contributed by atoms with Gasteiger partial charge in [0.15, 0.2) is 0 Å². The van der Waals surface area contributed by atoms with Crippen LogP contribution in [0.15, 0.2) is 30.5 Å². The zero-order valence-electron chi connectivity index (χ0n) is 10.5. The zero-order chi connectivity index (χ0) is 13.8. The Morgan fingerprint density at radius 1 is 1.42 bits per heavy atom. The Balaban J connectivity index is 1.97. The number of carbonyl (C=O) groups is 2. The fraction of sp³-hybridized carbons (Fsp3) is 0.308. The van der Waals surface area contributed by atoms with Crippen LogP contribution in [0.25, 0.3) is 10.9 Å². The number of hydrogen-bond donors (Lipinski definition) is 2. The number of amides is 1. The van der Waals surface area contributed by atoms with Crippen LogP contribution in [0.2, 0.25) is 0 Å². The van der Waals surface area contributed by atoms with Gasteiger partial charge in [-0.3, -0.25) is 14.3 Å². The third-order valence-electron chi connectivity index (χ3n) is 2.87. The van der Waals surface area contributed by atoms with E-state index in [0.717, 1.165) is 10.9 Å². The topological polar surface area (TPSA) is 84.2 Å². The van der Waals surface area contributed by atoms with Gasteiger partial charge >= 0.3 is 5.97 Å². The van der Waals surface area contributed by atoms with Crippen molar-refractivity contribution in [1.29, 1.82) is 0 Å². The molecule has 1 heterocycles. The molecule has 6 nitrogen and oxygen atoms in total. The van der Waals surface area contributed by atoms with Gasteiger partial charge < -0.3 is 10.4 Å². The molecule has 6 heteroatoms. The standard InChI is InChI=1S/C13H15N3O3/c1-9(13(18)19)6-14-12(17)8-16-11-5-3-2-4-10(11)7-15-16/h2-5,7,9H,6,8H2,1H3,(H,14,17)(H,18,19). The zero-order valence-corrected chi connectivity index (χ0v) is 10.5. The Morgan fingerprint density at radius 3 is 2.89 bits per heavy atom. The van der Waals surface area contributed by atoms with Crippen LogP contribution in [0.5, 0.6) is 0 Å². The molecule has 0 radical (unpaired) electrons. The number of nitrogens with zero attached hydrogens (tertiary/aromatic N) is 2. The third-order valence-corrected chi connectivity index (χ3v) is 2.87. The maximum Gasteiger partial charge on any atom is 0.308 e. The number of rotatable bonds is 5. The van der Waals surface area contributed by atoms with E-state index in [1.165, 1.54) is 0 Å². The highest BCUT2D eigenvalue weighted by atomic mass is 16.4. The highest BCUT2D eigenvalue weighted by Gasteiger charge is 2.13. The first-order valence-electron chi connectivity index (χ1n) is 5.98. The van der Waals surface area contributed by atoms with Gasteiger partial charge in [0, 0.05) is 11.9 Å². The second-order valence-corrected chi connectivity index (χ2v) is 4.40. The second-order valence-electron chi connectivity index (χ2n) is 4.40. The third kappa shape index (κ3) is 3.09. The lowest BCUT2D eigenvalue weighted by atomic mass is 10.2. The van der Waals surface area contributed by atoms with E-state index in [2.05, 4.69) is 10.4 Å². The molecule has 0 aliphatic carbocycles. The number of aromatic nitrogens is 2. The van der Waals surface area contributed by atoms with E-state index in [1.807, 2.05) is 24.3 Å². The van der Waals surface area contributed by atoms with E-state index in [9.17, 15) is 9.59 Å². The van der Waals surface area contributed by atoms with Crippen molar-refractivity contribution in [2.45, 2.75) is 13.5 Å². The fourth-order valence-corrected chi connectivity index (χ4v) is 1.70. The predicted molar refractivity (Wildman–Crippen MR) is 69.5 cm³/mol. The molecule has 0 fully saturated rings. The molecular formula is C13H15N3O3. The molecule has 0 aliphatic rings. The highest BCUT2D eigenvalue weighted by molar-refractivity contribution is 5.82. The second kappa shape index (κ2) is 5.51. The Kier molecular flexibility index (Phi) is 3.79. The summed E-state index contributed by atoms with van der Waals surface area (Å²) in [6.45, 7) is 1.75. The van der Waals surface area contributed by atoms with E-state index in [4.69, 9.17) is 5.11 Å². The minimum absolute atomic E-state index is 0.0832.